The fourth-order valence-corrected chi connectivity index (χ4v) is 1.80. The van der Waals surface area contributed by atoms with Crippen molar-refractivity contribution in [3.8, 4) is 0 Å². The highest BCUT2D eigenvalue weighted by atomic mass is 35.5. The average molecular weight is 256 g/mol. The largest absolute Gasteiger partial charge is 0.479 e. The SMILES string of the molecule is CC1(C(=O)O)COC(=O)N1c1ccc(Cl)cc1. The Morgan fingerprint density at radius 3 is 2.59 bits per heavy atom. The number of hydrogen-bond donors (Lipinski definition) is 1. The minimum Gasteiger partial charge on any atom is -0.479 e. The third kappa shape index (κ3) is 1.82. The van der Waals surface area contributed by atoms with Crippen molar-refractivity contribution in [2.75, 3.05) is 11.5 Å². The Bertz CT molecular complexity index is 473. The Kier molecular flexibility index (Phi) is 2.71. The van der Waals surface area contributed by atoms with E-state index in [0.29, 0.717) is 10.7 Å². The molecule has 1 heterocycles. The summed E-state index contributed by atoms with van der Waals surface area (Å²) in [5.41, 5.74) is -0.938. The second-order valence-corrected chi connectivity index (χ2v) is 4.38. The van der Waals surface area contributed by atoms with Crippen LogP contribution in [0.25, 0.3) is 0 Å². The summed E-state index contributed by atoms with van der Waals surface area (Å²) in [5.74, 6) is -1.11. The Balaban J connectivity index is 2.44. The van der Waals surface area contributed by atoms with Gasteiger partial charge in [0.1, 0.15) is 6.61 Å². The van der Waals surface area contributed by atoms with E-state index in [4.69, 9.17) is 16.3 Å². The molecule has 0 bridgehead atoms. The zero-order chi connectivity index (χ0) is 12.6. The van der Waals surface area contributed by atoms with Gasteiger partial charge in [-0.3, -0.25) is 4.90 Å². The van der Waals surface area contributed by atoms with Gasteiger partial charge in [-0.15, -0.1) is 0 Å². The summed E-state index contributed by atoms with van der Waals surface area (Å²) in [5, 5.41) is 9.69. The average Bonchev–Trinajstić information content (AvgIpc) is 2.58. The molecule has 0 aliphatic carbocycles. The monoisotopic (exact) mass is 255 g/mol. The van der Waals surface area contributed by atoms with Gasteiger partial charge >= 0.3 is 12.1 Å². The molecule has 1 amide bonds. The Morgan fingerprint density at radius 2 is 2.06 bits per heavy atom. The number of rotatable bonds is 2. The molecule has 5 nitrogen and oxygen atoms in total. The molecule has 0 spiro atoms. The predicted molar refractivity (Wildman–Crippen MR) is 61.3 cm³/mol. The van der Waals surface area contributed by atoms with Crippen molar-refractivity contribution in [2.45, 2.75) is 12.5 Å². The first kappa shape index (κ1) is 11.7. The molecule has 1 atom stereocenters. The van der Waals surface area contributed by atoms with E-state index in [-0.39, 0.29) is 6.61 Å². The van der Waals surface area contributed by atoms with Crippen LogP contribution in [-0.2, 0) is 9.53 Å². The summed E-state index contributed by atoms with van der Waals surface area (Å²) >= 11 is 5.74. The van der Waals surface area contributed by atoms with Crippen LogP contribution >= 0.6 is 11.6 Å². The molecule has 6 heteroatoms. The molecular formula is C11H10ClNO4. The van der Waals surface area contributed by atoms with Crippen LogP contribution in [0.5, 0.6) is 0 Å². The fourth-order valence-electron chi connectivity index (χ4n) is 1.67. The molecule has 1 unspecified atom stereocenters. The number of aliphatic carboxylic acids is 1. The number of amides is 1. The van der Waals surface area contributed by atoms with E-state index in [1.54, 1.807) is 24.3 Å². The molecule has 0 aromatic heterocycles. The molecule has 0 radical (unpaired) electrons. The second kappa shape index (κ2) is 3.92. The number of nitrogens with zero attached hydrogens (tertiary/aromatic N) is 1. The van der Waals surface area contributed by atoms with Crippen LogP contribution in [0.3, 0.4) is 0 Å². The highest BCUT2D eigenvalue weighted by molar-refractivity contribution is 6.30. The molecule has 1 aromatic rings. The van der Waals surface area contributed by atoms with Gasteiger partial charge < -0.3 is 9.84 Å². The Morgan fingerprint density at radius 1 is 1.47 bits per heavy atom. The number of carbonyl (C=O) groups excluding carboxylic acids is 1. The first-order chi connectivity index (χ1) is 7.95. The number of halogens is 1. The lowest BCUT2D eigenvalue weighted by Crippen LogP contribution is -2.51. The van der Waals surface area contributed by atoms with Crippen molar-refractivity contribution in [1.29, 1.82) is 0 Å². The molecule has 1 fully saturated rings. The maximum absolute atomic E-state index is 11.6. The number of anilines is 1. The van der Waals surface area contributed by atoms with Crippen molar-refractivity contribution in [2.24, 2.45) is 0 Å². The van der Waals surface area contributed by atoms with Gasteiger partial charge in [0.05, 0.1) is 0 Å². The van der Waals surface area contributed by atoms with Crippen LogP contribution in [0.2, 0.25) is 5.02 Å². The van der Waals surface area contributed by atoms with Crippen molar-refractivity contribution in [1.82, 2.24) is 0 Å². The molecule has 1 aromatic carbocycles. The predicted octanol–water partition coefficient (Wildman–Crippen LogP) is 2.14. The van der Waals surface area contributed by atoms with Crippen molar-refractivity contribution in [3.05, 3.63) is 29.3 Å². The minimum absolute atomic E-state index is 0.177. The summed E-state index contributed by atoms with van der Waals surface area (Å²) < 4.78 is 4.80. The standard InChI is InChI=1S/C11H10ClNO4/c1-11(9(14)15)6-17-10(16)13(11)8-4-2-7(12)3-5-8/h2-5H,6H2,1H3,(H,14,15). The van der Waals surface area contributed by atoms with Crippen molar-refractivity contribution < 1.29 is 19.4 Å². The third-order valence-electron chi connectivity index (χ3n) is 2.70. The lowest BCUT2D eigenvalue weighted by atomic mass is 10.0. The minimum atomic E-state index is -1.38. The van der Waals surface area contributed by atoms with Gasteiger partial charge in [0, 0.05) is 10.7 Å². The van der Waals surface area contributed by atoms with E-state index < -0.39 is 17.6 Å². The van der Waals surface area contributed by atoms with Crippen molar-refractivity contribution in [3.63, 3.8) is 0 Å². The number of cyclic esters (lactones) is 1. The van der Waals surface area contributed by atoms with Gasteiger partial charge in [0.25, 0.3) is 0 Å². The molecule has 17 heavy (non-hydrogen) atoms. The molecular weight excluding hydrogens is 246 g/mol. The van der Waals surface area contributed by atoms with Gasteiger partial charge in [-0.2, -0.15) is 0 Å². The van der Waals surface area contributed by atoms with Gasteiger partial charge in [-0.05, 0) is 31.2 Å². The van der Waals surface area contributed by atoms with Crippen LogP contribution in [-0.4, -0.2) is 29.3 Å². The van der Waals surface area contributed by atoms with Crippen molar-refractivity contribution >= 4 is 29.4 Å². The number of hydrogen-bond acceptors (Lipinski definition) is 3. The van der Waals surface area contributed by atoms with Crippen LogP contribution in [0.4, 0.5) is 10.5 Å². The molecule has 1 saturated heterocycles. The summed E-state index contributed by atoms with van der Waals surface area (Å²) in [6.45, 7) is 1.26. The lowest BCUT2D eigenvalue weighted by Gasteiger charge is -2.27. The highest BCUT2D eigenvalue weighted by Crippen LogP contribution is 2.31. The van der Waals surface area contributed by atoms with Crippen LogP contribution in [0.1, 0.15) is 6.92 Å². The normalized spacial score (nSPS) is 23.6. The highest BCUT2D eigenvalue weighted by Gasteiger charge is 2.50. The van der Waals surface area contributed by atoms with Gasteiger partial charge in [0.2, 0.25) is 0 Å². The first-order valence-corrected chi connectivity index (χ1v) is 5.29. The lowest BCUT2D eigenvalue weighted by molar-refractivity contribution is -0.142. The molecule has 1 N–H and O–H groups in total. The Labute approximate surface area is 103 Å². The third-order valence-corrected chi connectivity index (χ3v) is 2.95. The molecule has 0 saturated carbocycles. The molecule has 90 valence electrons. The van der Waals surface area contributed by atoms with E-state index in [1.807, 2.05) is 0 Å². The Hall–Kier alpha value is -1.75. The molecule has 1 aliphatic heterocycles. The fraction of sp³-hybridized carbons (Fsp3) is 0.273. The summed E-state index contributed by atoms with van der Waals surface area (Å²) in [6.07, 6.45) is -0.669. The van der Waals surface area contributed by atoms with Crippen LogP contribution in [0, 0.1) is 0 Å². The zero-order valence-electron chi connectivity index (χ0n) is 9.01. The van der Waals surface area contributed by atoms with Crippen LogP contribution < -0.4 is 4.90 Å². The van der Waals surface area contributed by atoms with E-state index in [0.717, 1.165) is 4.90 Å². The van der Waals surface area contributed by atoms with Gasteiger partial charge in [-0.1, -0.05) is 11.6 Å². The number of carboxylic acid groups (broad SMARTS) is 1. The first-order valence-electron chi connectivity index (χ1n) is 4.91. The number of carbonyl (C=O) groups is 2. The van der Waals surface area contributed by atoms with Gasteiger partial charge in [0.15, 0.2) is 5.54 Å². The summed E-state index contributed by atoms with van der Waals surface area (Å²) in [7, 11) is 0. The molecule has 2 rings (SSSR count). The zero-order valence-corrected chi connectivity index (χ0v) is 9.77. The maximum Gasteiger partial charge on any atom is 0.415 e. The molecule has 1 aliphatic rings. The smallest absolute Gasteiger partial charge is 0.415 e. The van der Waals surface area contributed by atoms with E-state index in [2.05, 4.69) is 0 Å². The second-order valence-electron chi connectivity index (χ2n) is 3.95. The van der Waals surface area contributed by atoms with E-state index in [9.17, 15) is 14.7 Å². The number of carboxylic acids is 1. The van der Waals surface area contributed by atoms with E-state index >= 15 is 0 Å². The summed E-state index contributed by atoms with van der Waals surface area (Å²) in [6, 6.07) is 6.34. The summed E-state index contributed by atoms with van der Waals surface area (Å²) in [4.78, 5) is 23.9. The maximum atomic E-state index is 11.6. The van der Waals surface area contributed by atoms with Gasteiger partial charge in [-0.25, -0.2) is 9.59 Å². The van der Waals surface area contributed by atoms with E-state index in [1.165, 1.54) is 6.92 Å². The van der Waals surface area contributed by atoms with Crippen LogP contribution in [0.15, 0.2) is 24.3 Å². The number of benzene rings is 1. The number of ether oxygens (including phenoxy) is 1. The quantitative estimate of drug-likeness (QED) is 0.879. The topological polar surface area (TPSA) is 66.8 Å².